The first kappa shape index (κ1) is 12.2. The predicted molar refractivity (Wildman–Crippen MR) is 76.2 cm³/mol. The third-order valence-electron chi connectivity index (χ3n) is 2.92. The highest BCUT2D eigenvalue weighted by molar-refractivity contribution is 7.99. The number of pyridine rings is 1. The number of nitrogens with two attached hydrogens (primary N) is 1. The first-order valence-electron chi connectivity index (χ1n) is 6.05. The molecule has 0 amide bonds. The van der Waals surface area contributed by atoms with E-state index in [1.807, 2.05) is 28.8 Å². The first-order chi connectivity index (χ1) is 9.28. The van der Waals surface area contributed by atoms with Crippen molar-refractivity contribution in [2.24, 2.45) is 5.73 Å². The van der Waals surface area contributed by atoms with Crippen LogP contribution in [0.25, 0.3) is 5.65 Å². The van der Waals surface area contributed by atoms with Crippen molar-refractivity contribution >= 4 is 17.4 Å². The van der Waals surface area contributed by atoms with Gasteiger partial charge in [-0.25, -0.2) is 0 Å². The van der Waals surface area contributed by atoms with Crippen LogP contribution in [0.15, 0.2) is 52.6 Å². The lowest BCUT2D eigenvalue weighted by Crippen LogP contribution is -1.99. The van der Waals surface area contributed by atoms with Crippen LogP contribution in [0.5, 0.6) is 0 Å². The number of hydrogen-bond acceptors (Lipinski definition) is 4. The fourth-order valence-electron chi connectivity index (χ4n) is 1.95. The molecule has 0 radical (unpaired) electrons. The van der Waals surface area contributed by atoms with Crippen LogP contribution in [-0.4, -0.2) is 14.6 Å². The van der Waals surface area contributed by atoms with E-state index in [1.165, 1.54) is 5.56 Å². The Balaban J connectivity index is 2.01. The van der Waals surface area contributed by atoms with Gasteiger partial charge in [0.1, 0.15) is 0 Å². The lowest BCUT2D eigenvalue weighted by molar-refractivity contribution is 0.918. The van der Waals surface area contributed by atoms with Crippen LogP contribution < -0.4 is 5.73 Å². The molecular weight excluding hydrogens is 256 g/mol. The van der Waals surface area contributed by atoms with Gasteiger partial charge in [0, 0.05) is 17.6 Å². The number of rotatable bonds is 3. The standard InChI is InChI=1S/C14H14N4S/c1-10-5-6-12(11(8-10)9-15)19-14-17-16-13-4-2-3-7-18(13)14/h2-8H,9,15H2,1H3. The average Bonchev–Trinajstić information content (AvgIpc) is 2.84. The monoisotopic (exact) mass is 270 g/mol. The molecule has 2 heterocycles. The zero-order valence-electron chi connectivity index (χ0n) is 10.6. The maximum Gasteiger partial charge on any atom is 0.200 e. The van der Waals surface area contributed by atoms with E-state index in [2.05, 4.69) is 35.3 Å². The summed E-state index contributed by atoms with van der Waals surface area (Å²) in [4.78, 5) is 1.13. The highest BCUT2D eigenvalue weighted by atomic mass is 32.2. The summed E-state index contributed by atoms with van der Waals surface area (Å²) in [6, 6.07) is 12.2. The van der Waals surface area contributed by atoms with Gasteiger partial charge in [0.05, 0.1) is 0 Å². The Morgan fingerprint density at radius 2 is 2.11 bits per heavy atom. The number of fused-ring (bicyclic) bond motifs is 1. The van der Waals surface area contributed by atoms with Crippen LogP contribution in [-0.2, 0) is 6.54 Å². The summed E-state index contributed by atoms with van der Waals surface area (Å²) in [5.41, 5.74) is 9.01. The van der Waals surface area contributed by atoms with E-state index in [-0.39, 0.29) is 0 Å². The molecule has 1 aromatic carbocycles. The van der Waals surface area contributed by atoms with Gasteiger partial charge in [-0.3, -0.25) is 4.40 Å². The lowest BCUT2D eigenvalue weighted by Gasteiger charge is -2.07. The molecule has 3 aromatic rings. The van der Waals surface area contributed by atoms with Gasteiger partial charge in [0.25, 0.3) is 0 Å². The summed E-state index contributed by atoms with van der Waals surface area (Å²) in [6.45, 7) is 2.60. The van der Waals surface area contributed by atoms with Crippen molar-refractivity contribution in [2.45, 2.75) is 23.5 Å². The molecule has 0 aliphatic rings. The molecule has 0 atom stereocenters. The van der Waals surface area contributed by atoms with Gasteiger partial charge >= 0.3 is 0 Å². The molecule has 0 bridgehead atoms. The Hall–Kier alpha value is -1.85. The summed E-state index contributed by atoms with van der Waals surface area (Å²) < 4.78 is 1.98. The van der Waals surface area contributed by atoms with Crippen molar-refractivity contribution in [3.05, 3.63) is 53.7 Å². The van der Waals surface area contributed by atoms with Crippen molar-refractivity contribution in [1.82, 2.24) is 14.6 Å². The van der Waals surface area contributed by atoms with Crippen LogP contribution in [0.2, 0.25) is 0 Å². The summed E-state index contributed by atoms with van der Waals surface area (Å²) in [5, 5.41) is 9.23. The second kappa shape index (κ2) is 5.03. The quantitative estimate of drug-likeness (QED) is 0.795. The summed E-state index contributed by atoms with van der Waals surface area (Å²) in [6.07, 6.45) is 1.97. The van der Waals surface area contributed by atoms with Crippen molar-refractivity contribution in [2.75, 3.05) is 0 Å². The molecular formula is C14H14N4S. The fourth-order valence-corrected chi connectivity index (χ4v) is 2.90. The maximum absolute atomic E-state index is 5.80. The van der Waals surface area contributed by atoms with Crippen molar-refractivity contribution in [3.8, 4) is 0 Å². The highest BCUT2D eigenvalue weighted by Gasteiger charge is 2.09. The minimum absolute atomic E-state index is 0.529. The average molecular weight is 270 g/mol. The molecule has 0 aliphatic heterocycles. The first-order valence-corrected chi connectivity index (χ1v) is 6.87. The number of nitrogens with zero attached hydrogens (tertiary/aromatic N) is 3. The summed E-state index contributed by atoms with van der Waals surface area (Å²) in [7, 11) is 0. The van der Waals surface area contributed by atoms with E-state index in [4.69, 9.17) is 5.73 Å². The third-order valence-corrected chi connectivity index (χ3v) is 4.00. The second-order valence-corrected chi connectivity index (χ2v) is 5.34. The normalized spacial score (nSPS) is 11.1. The molecule has 0 fully saturated rings. The molecule has 0 aliphatic carbocycles. The minimum Gasteiger partial charge on any atom is -0.326 e. The predicted octanol–water partition coefficient (Wildman–Crippen LogP) is 2.65. The molecule has 0 spiro atoms. The van der Waals surface area contributed by atoms with Gasteiger partial charge in [-0.15, -0.1) is 10.2 Å². The molecule has 0 unspecified atom stereocenters. The van der Waals surface area contributed by atoms with E-state index in [1.54, 1.807) is 11.8 Å². The third kappa shape index (κ3) is 2.34. The maximum atomic E-state index is 5.80. The Kier molecular flexibility index (Phi) is 3.23. The molecule has 0 saturated heterocycles. The fraction of sp³-hybridized carbons (Fsp3) is 0.143. The Morgan fingerprint density at radius 3 is 2.95 bits per heavy atom. The van der Waals surface area contributed by atoms with Crippen LogP contribution in [0, 0.1) is 6.92 Å². The van der Waals surface area contributed by atoms with E-state index >= 15 is 0 Å². The summed E-state index contributed by atoms with van der Waals surface area (Å²) in [5.74, 6) is 0. The summed E-state index contributed by atoms with van der Waals surface area (Å²) >= 11 is 1.59. The Morgan fingerprint density at radius 1 is 1.21 bits per heavy atom. The Bertz CT molecular complexity index is 720. The van der Waals surface area contributed by atoms with E-state index in [9.17, 15) is 0 Å². The topological polar surface area (TPSA) is 56.2 Å². The molecule has 0 saturated carbocycles. The van der Waals surface area contributed by atoms with Gasteiger partial charge in [0.15, 0.2) is 10.8 Å². The molecule has 19 heavy (non-hydrogen) atoms. The largest absolute Gasteiger partial charge is 0.326 e. The minimum atomic E-state index is 0.529. The molecule has 2 aromatic heterocycles. The molecule has 3 rings (SSSR count). The molecule has 5 heteroatoms. The second-order valence-electron chi connectivity index (χ2n) is 4.33. The van der Waals surface area contributed by atoms with Gasteiger partial charge in [-0.05, 0) is 42.4 Å². The zero-order valence-corrected chi connectivity index (χ0v) is 11.4. The van der Waals surface area contributed by atoms with Gasteiger partial charge in [-0.1, -0.05) is 23.8 Å². The van der Waals surface area contributed by atoms with Gasteiger partial charge in [-0.2, -0.15) is 0 Å². The smallest absolute Gasteiger partial charge is 0.200 e. The molecule has 2 N–H and O–H groups in total. The van der Waals surface area contributed by atoms with Crippen LogP contribution in [0.1, 0.15) is 11.1 Å². The SMILES string of the molecule is Cc1ccc(Sc2nnc3ccccn23)c(CN)c1. The number of aryl methyl sites for hydroxylation is 1. The molecule has 4 nitrogen and oxygen atoms in total. The van der Waals surface area contributed by atoms with Crippen molar-refractivity contribution in [3.63, 3.8) is 0 Å². The van der Waals surface area contributed by atoms with Gasteiger partial charge < -0.3 is 5.73 Å². The number of hydrogen-bond donors (Lipinski definition) is 1. The van der Waals surface area contributed by atoms with Crippen LogP contribution in [0.3, 0.4) is 0 Å². The Labute approximate surface area is 115 Å². The highest BCUT2D eigenvalue weighted by Crippen LogP contribution is 2.29. The number of aromatic nitrogens is 3. The molecule has 96 valence electrons. The number of benzene rings is 1. The van der Waals surface area contributed by atoms with Gasteiger partial charge in [0.2, 0.25) is 0 Å². The van der Waals surface area contributed by atoms with E-state index < -0.39 is 0 Å². The van der Waals surface area contributed by atoms with Crippen LogP contribution >= 0.6 is 11.8 Å². The zero-order chi connectivity index (χ0) is 13.2. The van der Waals surface area contributed by atoms with Crippen molar-refractivity contribution in [1.29, 1.82) is 0 Å². The van der Waals surface area contributed by atoms with Crippen LogP contribution in [0.4, 0.5) is 0 Å². The van der Waals surface area contributed by atoms with Crippen molar-refractivity contribution < 1.29 is 0 Å². The lowest BCUT2D eigenvalue weighted by atomic mass is 10.1. The van der Waals surface area contributed by atoms with E-state index in [0.717, 1.165) is 21.3 Å². The van der Waals surface area contributed by atoms with E-state index in [0.29, 0.717) is 6.54 Å².